The highest BCUT2D eigenvalue weighted by Gasteiger charge is 2.30. The van der Waals surface area contributed by atoms with Gasteiger partial charge in [0.2, 0.25) is 0 Å². The molecule has 8 heteroatoms. The van der Waals surface area contributed by atoms with E-state index in [1.807, 2.05) is 24.3 Å². The predicted octanol–water partition coefficient (Wildman–Crippen LogP) is 4.11. The van der Waals surface area contributed by atoms with Crippen LogP contribution in [0.15, 0.2) is 77.7 Å². The van der Waals surface area contributed by atoms with Crippen LogP contribution < -0.4 is 14.4 Å². The van der Waals surface area contributed by atoms with Crippen molar-refractivity contribution in [2.24, 2.45) is 0 Å². The Balaban J connectivity index is 1.41. The van der Waals surface area contributed by atoms with Crippen molar-refractivity contribution in [3.05, 3.63) is 83.4 Å². The summed E-state index contributed by atoms with van der Waals surface area (Å²) in [6, 6.07) is 20.4. The minimum atomic E-state index is -3.66. The number of halogens is 1. The SMILES string of the molecule is O=C(COc1ccc(S(=O)(=O)N2CCc3ccccc32)cc1)Nc1ccccc1Cl. The molecule has 1 amide bonds. The summed E-state index contributed by atoms with van der Waals surface area (Å²) >= 11 is 6.01. The number of nitrogens with one attached hydrogen (secondary N) is 1. The van der Waals surface area contributed by atoms with Crippen LogP contribution in [0.1, 0.15) is 5.56 Å². The fourth-order valence-corrected chi connectivity index (χ4v) is 4.98. The summed E-state index contributed by atoms with van der Waals surface area (Å²) in [5.74, 6) is 0.0264. The highest BCUT2D eigenvalue weighted by molar-refractivity contribution is 7.92. The second-order valence-electron chi connectivity index (χ2n) is 6.74. The van der Waals surface area contributed by atoms with Crippen LogP contribution in [-0.2, 0) is 21.2 Å². The Labute approximate surface area is 180 Å². The first-order chi connectivity index (χ1) is 14.4. The molecule has 0 radical (unpaired) electrons. The zero-order valence-electron chi connectivity index (χ0n) is 15.9. The molecule has 3 aromatic carbocycles. The Morgan fingerprint density at radius 2 is 1.70 bits per heavy atom. The van der Waals surface area contributed by atoms with Crippen LogP contribution in [0.5, 0.6) is 5.75 Å². The maximum Gasteiger partial charge on any atom is 0.264 e. The van der Waals surface area contributed by atoms with Crippen LogP contribution >= 0.6 is 11.6 Å². The molecule has 154 valence electrons. The van der Waals surface area contributed by atoms with E-state index in [9.17, 15) is 13.2 Å². The van der Waals surface area contributed by atoms with Gasteiger partial charge in [-0.2, -0.15) is 0 Å². The number of fused-ring (bicyclic) bond motifs is 1. The lowest BCUT2D eigenvalue weighted by Gasteiger charge is -2.19. The van der Waals surface area contributed by atoms with Crippen molar-refractivity contribution < 1.29 is 17.9 Å². The molecule has 30 heavy (non-hydrogen) atoms. The monoisotopic (exact) mass is 442 g/mol. The zero-order valence-corrected chi connectivity index (χ0v) is 17.5. The Morgan fingerprint density at radius 3 is 2.47 bits per heavy atom. The number of hydrogen-bond acceptors (Lipinski definition) is 4. The fourth-order valence-electron chi connectivity index (χ4n) is 3.29. The predicted molar refractivity (Wildman–Crippen MR) is 117 cm³/mol. The summed E-state index contributed by atoms with van der Waals surface area (Å²) < 4.78 is 32.9. The van der Waals surface area contributed by atoms with Gasteiger partial charge in [0, 0.05) is 6.54 Å². The van der Waals surface area contributed by atoms with E-state index in [0.29, 0.717) is 35.1 Å². The molecule has 1 aliphatic heterocycles. The molecule has 3 aromatic rings. The number of nitrogens with zero attached hydrogens (tertiary/aromatic N) is 1. The molecule has 0 spiro atoms. The molecule has 0 fully saturated rings. The number of rotatable bonds is 6. The number of benzene rings is 3. The largest absolute Gasteiger partial charge is 0.484 e. The first-order valence-corrected chi connectivity index (χ1v) is 11.1. The number of anilines is 2. The number of carbonyl (C=O) groups is 1. The smallest absolute Gasteiger partial charge is 0.264 e. The number of amides is 1. The Kier molecular flexibility index (Phi) is 5.65. The summed E-state index contributed by atoms with van der Waals surface area (Å²) in [7, 11) is -3.66. The lowest BCUT2D eigenvalue weighted by Crippen LogP contribution is -2.29. The van der Waals surface area contributed by atoms with Gasteiger partial charge < -0.3 is 10.1 Å². The van der Waals surface area contributed by atoms with Crippen LogP contribution in [0.2, 0.25) is 5.02 Å². The van der Waals surface area contributed by atoms with Crippen LogP contribution in [0.4, 0.5) is 11.4 Å². The molecule has 0 bridgehead atoms. The van der Waals surface area contributed by atoms with E-state index in [4.69, 9.17) is 16.3 Å². The van der Waals surface area contributed by atoms with Gasteiger partial charge in [0.05, 0.1) is 21.3 Å². The van der Waals surface area contributed by atoms with Gasteiger partial charge in [0.1, 0.15) is 5.75 Å². The van der Waals surface area contributed by atoms with Crippen molar-refractivity contribution in [3.63, 3.8) is 0 Å². The van der Waals surface area contributed by atoms with Crippen molar-refractivity contribution in [1.29, 1.82) is 0 Å². The van der Waals surface area contributed by atoms with Crippen LogP contribution in [0, 0.1) is 0 Å². The highest BCUT2D eigenvalue weighted by Crippen LogP contribution is 2.33. The van der Waals surface area contributed by atoms with Crippen molar-refractivity contribution in [1.82, 2.24) is 0 Å². The Bertz CT molecular complexity index is 1180. The van der Waals surface area contributed by atoms with Crippen molar-refractivity contribution in [3.8, 4) is 5.75 Å². The highest BCUT2D eigenvalue weighted by atomic mass is 35.5. The molecule has 1 aliphatic rings. The van der Waals surface area contributed by atoms with Crippen LogP contribution in [0.3, 0.4) is 0 Å². The average Bonchev–Trinajstić information content (AvgIpc) is 3.19. The van der Waals surface area contributed by atoms with Crippen LogP contribution in [-0.4, -0.2) is 27.5 Å². The van der Waals surface area contributed by atoms with Crippen molar-refractivity contribution in [2.75, 3.05) is 22.8 Å². The molecule has 1 N–H and O–H groups in total. The first kappa shape index (κ1) is 20.3. The first-order valence-electron chi connectivity index (χ1n) is 9.33. The Morgan fingerprint density at radius 1 is 1.00 bits per heavy atom. The number of para-hydroxylation sites is 2. The zero-order chi connectivity index (χ0) is 21.1. The molecule has 0 aromatic heterocycles. The summed E-state index contributed by atoms with van der Waals surface area (Å²) in [5.41, 5.74) is 2.24. The average molecular weight is 443 g/mol. The third kappa shape index (κ3) is 4.13. The van der Waals surface area contributed by atoms with Gasteiger partial charge in [-0.1, -0.05) is 41.9 Å². The fraction of sp³-hybridized carbons (Fsp3) is 0.136. The van der Waals surface area contributed by atoms with Gasteiger partial charge >= 0.3 is 0 Å². The third-order valence-corrected chi connectivity index (χ3v) is 6.93. The topological polar surface area (TPSA) is 75.7 Å². The standard InChI is InChI=1S/C22H19ClN2O4S/c23-19-6-2-3-7-20(19)24-22(26)15-29-17-9-11-18(12-10-17)30(27,28)25-14-13-16-5-1-4-8-21(16)25/h1-12H,13-15H2,(H,24,26). The summed E-state index contributed by atoms with van der Waals surface area (Å²) in [5, 5.41) is 3.10. The van der Waals surface area contributed by atoms with E-state index in [1.165, 1.54) is 28.6 Å². The Hall–Kier alpha value is -3.03. The lowest BCUT2D eigenvalue weighted by atomic mass is 10.2. The molecule has 6 nitrogen and oxygen atoms in total. The van der Waals surface area contributed by atoms with E-state index in [2.05, 4.69) is 5.32 Å². The molecule has 1 heterocycles. The number of hydrogen-bond donors (Lipinski definition) is 1. The molecule has 0 saturated carbocycles. The normalized spacial score (nSPS) is 13.0. The van der Waals surface area contributed by atoms with Gasteiger partial charge in [-0.05, 0) is 54.4 Å². The van der Waals surface area contributed by atoms with E-state index in [0.717, 1.165) is 5.56 Å². The second-order valence-corrected chi connectivity index (χ2v) is 9.01. The summed E-state index contributed by atoms with van der Waals surface area (Å²) in [6.07, 6.45) is 0.692. The lowest BCUT2D eigenvalue weighted by molar-refractivity contribution is -0.118. The molecular weight excluding hydrogens is 424 g/mol. The number of carbonyl (C=O) groups excluding carboxylic acids is 1. The van der Waals surface area contributed by atoms with Gasteiger partial charge in [0.15, 0.2) is 6.61 Å². The molecule has 0 atom stereocenters. The van der Waals surface area contributed by atoms with Crippen LogP contribution in [0.25, 0.3) is 0 Å². The maximum atomic E-state index is 13.0. The van der Waals surface area contributed by atoms with E-state index < -0.39 is 10.0 Å². The quantitative estimate of drug-likeness (QED) is 0.623. The van der Waals surface area contributed by atoms with Gasteiger partial charge in [-0.15, -0.1) is 0 Å². The second kappa shape index (κ2) is 8.38. The minimum absolute atomic E-state index is 0.173. The van der Waals surface area contributed by atoms with E-state index in [1.54, 1.807) is 24.3 Å². The molecule has 0 unspecified atom stereocenters. The molecule has 4 rings (SSSR count). The number of sulfonamides is 1. The van der Waals surface area contributed by atoms with E-state index >= 15 is 0 Å². The van der Waals surface area contributed by atoms with Gasteiger partial charge in [0.25, 0.3) is 15.9 Å². The molecular formula is C22H19ClN2O4S. The summed E-state index contributed by atoms with van der Waals surface area (Å²) in [6.45, 7) is 0.193. The van der Waals surface area contributed by atoms with Crippen molar-refractivity contribution >= 4 is 38.9 Å². The number of ether oxygens (including phenoxy) is 1. The third-order valence-electron chi connectivity index (χ3n) is 4.77. The molecule has 0 aliphatic carbocycles. The van der Waals surface area contributed by atoms with Gasteiger partial charge in [-0.25, -0.2) is 8.42 Å². The molecule has 0 saturated heterocycles. The summed E-state index contributed by atoms with van der Waals surface area (Å²) in [4.78, 5) is 12.2. The minimum Gasteiger partial charge on any atom is -0.484 e. The van der Waals surface area contributed by atoms with E-state index in [-0.39, 0.29) is 17.4 Å². The van der Waals surface area contributed by atoms with Crippen molar-refractivity contribution in [2.45, 2.75) is 11.3 Å². The maximum absolute atomic E-state index is 13.0. The van der Waals surface area contributed by atoms with Gasteiger partial charge in [-0.3, -0.25) is 9.10 Å².